The Bertz CT molecular complexity index is 1230. The lowest BCUT2D eigenvalue weighted by Crippen LogP contribution is -2.63. The Morgan fingerprint density at radius 1 is 0.811 bits per heavy atom. The second-order valence-corrected chi connectivity index (χ2v) is 7.98. The number of ether oxygens (including phenoxy) is 7. The van der Waals surface area contributed by atoms with Gasteiger partial charge in [-0.15, -0.1) is 0 Å². The molecule has 2 heterocycles. The third-order valence-electron chi connectivity index (χ3n) is 5.10. The Morgan fingerprint density at radius 2 is 1.43 bits per heavy atom. The van der Waals surface area contributed by atoms with Crippen molar-refractivity contribution in [1.82, 2.24) is 0 Å². The third-order valence-corrected chi connectivity index (χ3v) is 5.10. The van der Waals surface area contributed by atoms with Crippen LogP contribution in [0.4, 0.5) is 0 Å². The predicted octanol–water partition coefficient (Wildman–Crippen LogP) is 1.26. The minimum Gasteiger partial charge on any atom is -0.493 e. The smallest absolute Gasteiger partial charge is 0.336 e. The van der Waals surface area contributed by atoms with E-state index in [1.165, 1.54) is 25.3 Å². The third kappa shape index (κ3) is 6.97. The average molecular weight is 522 g/mol. The van der Waals surface area contributed by atoms with E-state index in [1.54, 1.807) is 6.07 Å². The van der Waals surface area contributed by atoms with Gasteiger partial charge in [0.25, 0.3) is 0 Å². The molecule has 1 aliphatic heterocycles. The van der Waals surface area contributed by atoms with Gasteiger partial charge in [-0.3, -0.25) is 19.2 Å². The molecule has 0 N–H and O–H groups in total. The van der Waals surface area contributed by atoms with Crippen LogP contribution in [0.3, 0.4) is 0 Å². The van der Waals surface area contributed by atoms with Gasteiger partial charge in [0.15, 0.2) is 23.7 Å². The van der Waals surface area contributed by atoms with Gasteiger partial charge >= 0.3 is 29.5 Å². The molecule has 1 saturated heterocycles. The first kappa shape index (κ1) is 27.5. The molecule has 0 radical (unpaired) electrons. The number of carbonyl (C=O) groups is 4. The number of esters is 4. The highest BCUT2D eigenvalue weighted by atomic mass is 16.7. The summed E-state index contributed by atoms with van der Waals surface area (Å²) in [5.41, 5.74) is -0.440. The molecule has 0 bridgehead atoms. The highest BCUT2D eigenvalue weighted by molar-refractivity contribution is 5.80. The van der Waals surface area contributed by atoms with E-state index in [9.17, 15) is 24.0 Å². The summed E-state index contributed by atoms with van der Waals surface area (Å²) < 4.78 is 43.6. The number of carbonyl (C=O) groups excluding carboxylic acids is 4. The summed E-state index contributed by atoms with van der Waals surface area (Å²) in [5.74, 6) is -2.75. The average Bonchev–Trinajstić information content (AvgIpc) is 2.80. The van der Waals surface area contributed by atoms with Crippen LogP contribution in [0, 0.1) is 0 Å². The maximum atomic E-state index is 12.0. The van der Waals surface area contributed by atoms with Crippen molar-refractivity contribution >= 4 is 34.8 Å². The first-order valence-electron chi connectivity index (χ1n) is 11.1. The van der Waals surface area contributed by atoms with E-state index in [2.05, 4.69) is 0 Å². The SMILES string of the molecule is COc1cc2ccc(=O)oc2cc1O[C@H]1O[C@@H](COC(C)=O)[C@H](OC(C)=O)[C@@H](OC(C)=O)[C@@H]1OC(C)=O. The number of benzene rings is 1. The lowest BCUT2D eigenvalue weighted by Gasteiger charge is -2.43. The molecule has 0 amide bonds. The second-order valence-electron chi connectivity index (χ2n) is 7.98. The number of rotatable bonds is 8. The van der Waals surface area contributed by atoms with Crippen molar-refractivity contribution in [3.05, 3.63) is 34.7 Å². The first-order chi connectivity index (χ1) is 17.5. The van der Waals surface area contributed by atoms with Crippen LogP contribution in [0.25, 0.3) is 11.0 Å². The Labute approximate surface area is 210 Å². The maximum Gasteiger partial charge on any atom is 0.336 e. The molecule has 0 aliphatic carbocycles. The van der Waals surface area contributed by atoms with Crippen molar-refractivity contribution < 1.29 is 56.8 Å². The van der Waals surface area contributed by atoms with Gasteiger partial charge in [0.2, 0.25) is 12.4 Å². The molecule has 3 rings (SSSR count). The largest absolute Gasteiger partial charge is 0.493 e. The molecular weight excluding hydrogens is 496 g/mol. The van der Waals surface area contributed by atoms with Crippen LogP contribution in [0.2, 0.25) is 0 Å². The zero-order valence-electron chi connectivity index (χ0n) is 20.7. The van der Waals surface area contributed by atoms with Crippen LogP contribution < -0.4 is 15.1 Å². The minimum absolute atomic E-state index is 0.0187. The van der Waals surface area contributed by atoms with Gasteiger partial charge in [-0.2, -0.15) is 0 Å². The summed E-state index contributed by atoms with van der Waals surface area (Å²) in [7, 11) is 1.38. The van der Waals surface area contributed by atoms with Crippen LogP contribution in [-0.4, -0.2) is 68.3 Å². The molecule has 0 saturated carbocycles. The molecule has 1 aromatic heterocycles. The summed E-state index contributed by atoms with van der Waals surface area (Å²) in [6, 6.07) is 5.67. The van der Waals surface area contributed by atoms with Gasteiger partial charge < -0.3 is 37.6 Å². The molecule has 0 spiro atoms. The fourth-order valence-corrected chi connectivity index (χ4v) is 3.74. The quantitative estimate of drug-likeness (QED) is 0.277. The monoisotopic (exact) mass is 522 g/mol. The Balaban J connectivity index is 2.08. The van der Waals surface area contributed by atoms with Crippen molar-refractivity contribution in [2.45, 2.75) is 58.4 Å². The van der Waals surface area contributed by atoms with Crippen LogP contribution in [0.1, 0.15) is 27.7 Å². The van der Waals surface area contributed by atoms with Gasteiger partial charge in [-0.1, -0.05) is 0 Å². The Morgan fingerprint density at radius 3 is 2.03 bits per heavy atom. The van der Waals surface area contributed by atoms with E-state index in [-0.39, 0.29) is 17.1 Å². The van der Waals surface area contributed by atoms with Crippen LogP contribution in [-0.2, 0) is 42.9 Å². The molecule has 13 heteroatoms. The van der Waals surface area contributed by atoms with Crippen molar-refractivity contribution in [2.75, 3.05) is 13.7 Å². The van der Waals surface area contributed by atoms with Gasteiger partial charge in [0.05, 0.1) is 7.11 Å². The summed E-state index contributed by atoms with van der Waals surface area (Å²) in [6.45, 7) is 4.08. The zero-order chi connectivity index (χ0) is 27.3. The topological polar surface area (TPSA) is 163 Å². The van der Waals surface area contributed by atoms with Crippen molar-refractivity contribution in [1.29, 1.82) is 0 Å². The molecule has 5 atom stereocenters. The van der Waals surface area contributed by atoms with Crippen LogP contribution >= 0.6 is 0 Å². The molecule has 1 fully saturated rings. The Hall–Kier alpha value is -4.13. The summed E-state index contributed by atoms with van der Waals surface area (Å²) in [6.07, 6.45) is -6.86. The fourth-order valence-electron chi connectivity index (χ4n) is 3.74. The molecule has 200 valence electrons. The predicted molar refractivity (Wildman–Crippen MR) is 122 cm³/mol. The minimum atomic E-state index is -1.48. The number of methoxy groups -OCH3 is 1. The summed E-state index contributed by atoms with van der Waals surface area (Å²) in [4.78, 5) is 59.0. The van der Waals surface area contributed by atoms with Gasteiger partial charge in [0, 0.05) is 45.2 Å². The molecule has 13 nitrogen and oxygen atoms in total. The van der Waals surface area contributed by atoms with Crippen molar-refractivity contribution in [2.24, 2.45) is 0 Å². The second kappa shape index (κ2) is 11.7. The van der Waals surface area contributed by atoms with E-state index < -0.39 is 66.8 Å². The lowest BCUT2D eigenvalue weighted by molar-refractivity contribution is -0.288. The van der Waals surface area contributed by atoms with Crippen LogP contribution in [0.5, 0.6) is 11.5 Å². The number of fused-ring (bicyclic) bond motifs is 1. The molecular formula is C24H26O13. The zero-order valence-corrected chi connectivity index (χ0v) is 20.7. The fraction of sp³-hybridized carbons (Fsp3) is 0.458. The highest BCUT2D eigenvalue weighted by Crippen LogP contribution is 2.36. The van der Waals surface area contributed by atoms with E-state index in [0.717, 1.165) is 27.7 Å². The van der Waals surface area contributed by atoms with Crippen molar-refractivity contribution in [3.8, 4) is 11.5 Å². The first-order valence-corrected chi connectivity index (χ1v) is 11.1. The maximum absolute atomic E-state index is 12.0. The summed E-state index contributed by atoms with van der Waals surface area (Å²) in [5, 5.41) is 0.533. The molecule has 2 aromatic rings. The molecule has 1 aliphatic rings. The van der Waals surface area contributed by atoms with E-state index in [0.29, 0.717) is 5.39 Å². The van der Waals surface area contributed by atoms with Crippen molar-refractivity contribution in [3.63, 3.8) is 0 Å². The van der Waals surface area contributed by atoms with E-state index in [4.69, 9.17) is 37.6 Å². The van der Waals surface area contributed by atoms with Gasteiger partial charge in [-0.05, 0) is 12.1 Å². The molecule has 0 unspecified atom stereocenters. The molecule has 1 aromatic carbocycles. The number of hydrogen-bond donors (Lipinski definition) is 0. The van der Waals surface area contributed by atoms with Crippen LogP contribution in [0.15, 0.2) is 33.5 Å². The normalized spacial score (nSPS) is 23.0. The van der Waals surface area contributed by atoms with E-state index in [1.807, 2.05) is 0 Å². The van der Waals surface area contributed by atoms with Gasteiger partial charge in [-0.25, -0.2) is 4.79 Å². The summed E-state index contributed by atoms with van der Waals surface area (Å²) >= 11 is 0. The molecule has 37 heavy (non-hydrogen) atoms. The standard InChI is InChI=1S/C24H26O13/c1-11(25)31-10-19-21(32-12(2)26)22(33-13(3)27)23(34-14(4)28)24(37-19)36-18-9-16-15(8-17(18)30-5)6-7-20(29)35-16/h6-9,19,21-24H,10H2,1-5H3/t19-,21-,22+,23-,24-/m0/s1. The van der Waals surface area contributed by atoms with E-state index >= 15 is 0 Å². The Kier molecular flexibility index (Phi) is 8.71. The lowest BCUT2D eigenvalue weighted by atomic mass is 9.98. The number of hydrogen-bond acceptors (Lipinski definition) is 13. The van der Waals surface area contributed by atoms with Gasteiger partial charge in [0.1, 0.15) is 18.3 Å². The highest BCUT2D eigenvalue weighted by Gasteiger charge is 2.53.